The molecule has 50 heavy (non-hydrogen) atoms. The molecule has 3 aliphatic heterocycles. The number of nitrogens with one attached hydrogen (secondary N) is 1. The van der Waals surface area contributed by atoms with Crippen molar-refractivity contribution in [1.82, 2.24) is 20.3 Å². The van der Waals surface area contributed by atoms with E-state index < -0.39 is 13.7 Å². The first-order valence-electron chi connectivity index (χ1n) is 17.5. The Morgan fingerprint density at radius 2 is 1.82 bits per heavy atom. The first-order valence-corrected chi connectivity index (χ1v) is 20.6. The fourth-order valence-corrected chi connectivity index (χ4v) is 12.5. The minimum absolute atomic E-state index is 0.0200. The molecule has 0 saturated carbocycles. The summed E-state index contributed by atoms with van der Waals surface area (Å²) >= 11 is 0. The molecular formula is C38H46N6O5Si. The molecule has 4 heterocycles. The maximum atomic E-state index is 15.0. The van der Waals surface area contributed by atoms with E-state index in [1.54, 1.807) is 12.0 Å². The molecule has 11 nitrogen and oxygen atoms in total. The molecule has 0 radical (unpaired) electrons. The number of anilines is 2. The van der Waals surface area contributed by atoms with Gasteiger partial charge in [-0.1, -0.05) is 72.9 Å². The van der Waals surface area contributed by atoms with Gasteiger partial charge in [-0.25, -0.2) is 0 Å². The summed E-state index contributed by atoms with van der Waals surface area (Å²) in [4.78, 5) is 31.2. The molecule has 7 rings (SSSR count). The molecule has 1 spiro atoms. The number of hydrogen-bond donors (Lipinski definition) is 2. The van der Waals surface area contributed by atoms with Crippen molar-refractivity contribution in [2.75, 3.05) is 43.2 Å². The lowest BCUT2D eigenvalue weighted by atomic mass is 9.82. The SMILES string of the molecule is COc1ccc([Si](C)(C)[C@H]2[C@H](CCn3cc(CCO)nn3)O[C@@]3(C(=O)N(Cc4ccc(N5CCNCC5=O)cc4)c4ccccc43)[C@@H]2C)cc1. The van der Waals surface area contributed by atoms with Crippen LogP contribution in [0.5, 0.6) is 5.75 Å². The Bertz CT molecular complexity index is 1850. The Morgan fingerprint density at radius 1 is 1.06 bits per heavy atom. The number of ether oxygens (including phenoxy) is 2. The molecule has 3 aromatic carbocycles. The van der Waals surface area contributed by atoms with Gasteiger partial charge < -0.3 is 29.7 Å². The van der Waals surface area contributed by atoms with Crippen molar-refractivity contribution < 1.29 is 24.2 Å². The van der Waals surface area contributed by atoms with Gasteiger partial charge in [0.25, 0.3) is 5.91 Å². The number of methoxy groups -OCH3 is 1. The van der Waals surface area contributed by atoms with Gasteiger partial charge in [0.05, 0.1) is 45.8 Å². The van der Waals surface area contributed by atoms with Crippen LogP contribution in [0.25, 0.3) is 0 Å². The average molecular weight is 695 g/mol. The molecule has 2 saturated heterocycles. The quantitative estimate of drug-likeness (QED) is 0.229. The molecule has 4 atom stereocenters. The third-order valence-corrected chi connectivity index (χ3v) is 15.4. The van der Waals surface area contributed by atoms with Gasteiger partial charge in [0.2, 0.25) is 5.91 Å². The number of para-hydroxylation sites is 1. The molecule has 1 aromatic heterocycles. The molecule has 0 unspecified atom stereocenters. The van der Waals surface area contributed by atoms with Gasteiger partial charge in [-0.05, 0) is 47.9 Å². The van der Waals surface area contributed by atoms with Crippen molar-refractivity contribution in [3.05, 3.63) is 95.8 Å². The normalized spacial score (nSPS) is 23.6. The Labute approximate surface area is 294 Å². The highest BCUT2D eigenvalue weighted by atomic mass is 28.3. The molecule has 12 heteroatoms. The number of aliphatic hydroxyl groups excluding tert-OH is 1. The van der Waals surface area contributed by atoms with Crippen LogP contribution >= 0.6 is 0 Å². The number of aryl methyl sites for hydroxylation is 1. The van der Waals surface area contributed by atoms with Crippen molar-refractivity contribution in [1.29, 1.82) is 0 Å². The van der Waals surface area contributed by atoms with E-state index in [0.717, 1.165) is 40.5 Å². The lowest BCUT2D eigenvalue weighted by Crippen LogP contribution is -2.51. The fourth-order valence-electron chi connectivity index (χ4n) is 8.47. The van der Waals surface area contributed by atoms with Gasteiger partial charge in [-0.3, -0.25) is 14.3 Å². The summed E-state index contributed by atoms with van der Waals surface area (Å²) in [6.07, 6.45) is 2.78. The predicted octanol–water partition coefficient (Wildman–Crippen LogP) is 3.61. The minimum atomic E-state index is -2.29. The van der Waals surface area contributed by atoms with Gasteiger partial charge in [0.1, 0.15) is 5.75 Å². The second kappa shape index (κ2) is 13.7. The van der Waals surface area contributed by atoms with Crippen LogP contribution in [0, 0.1) is 5.92 Å². The van der Waals surface area contributed by atoms with E-state index in [0.29, 0.717) is 39.0 Å². The summed E-state index contributed by atoms with van der Waals surface area (Å²) in [6.45, 7) is 9.69. The first kappa shape index (κ1) is 34.1. The van der Waals surface area contributed by atoms with Gasteiger partial charge >= 0.3 is 0 Å². The van der Waals surface area contributed by atoms with Crippen LogP contribution in [0.2, 0.25) is 18.6 Å². The topological polar surface area (TPSA) is 122 Å². The summed E-state index contributed by atoms with van der Waals surface area (Å²) < 4.78 is 14.5. The lowest BCUT2D eigenvalue weighted by molar-refractivity contribution is -0.146. The largest absolute Gasteiger partial charge is 0.497 e. The maximum Gasteiger partial charge on any atom is 0.264 e. The van der Waals surface area contributed by atoms with E-state index >= 15 is 4.79 Å². The van der Waals surface area contributed by atoms with Crippen LogP contribution in [0.3, 0.4) is 0 Å². The molecule has 2 amide bonds. The number of piperazine rings is 1. The Balaban J connectivity index is 1.22. The highest BCUT2D eigenvalue weighted by molar-refractivity contribution is 6.91. The van der Waals surface area contributed by atoms with Crippen LogP contribution in [0.1, 0.15) is 30.2 Å². The standard InChI is InChI=1S/C38H46N6O5Si/c1-26-36(50(3,4)31-15-13-30(48-2)14-16-31)34(17-20-42-25-28(18-22-45)40-41-42)49-38(26)32-7-5-6-8-33(32)44(37(38)47)24-27-9-11-29(12-10-27)43-21-19-39-23-35(43)46/h5-16,25-26,34,36,39,45H,17-24H2,1-4H3/t26-,34+,36-,38+/m1/s1. The molecule has 2 fully saturated rings. The number of fused-ring (bicyclic) bond motifs is 2. The Hall–Kier alpha value is -4.36. The van der Waals surface area contributed by atoms with Crippen molar-refractivity contribution in [3.8, 4) is 5.75 Å². The third-order valence-electron chi connectivity index (χ3n) is 11.0. The molecule has 0 bridgehead atoms. The van der Waals surface area contributed by atoms with Crippen LogP contribution in [0.15, 0.2) is 79.0 Å². The van der Waals surface area contributed by atoms with Crippen molar-refractivity contribution in [3.63, 3.8) is 0 Å². The highest BCUT2D eigenvalue weighted by Gasteiger charge is 2.66. The first-order chi connectivity index (χ1) is 24.2. The monoisotopic (exact) mass is 694 g/mol. The van der Waals surface area contributed by atoms with Gasteiger partial charge in [0, 0.05) is 56.0 Å². The molecule has 2 N–H and O–H groups in total. The predicted molar refractivity (Wildman–Crippen MR) is 194 cm³/mol. The van der Waals surface area contributed by atoms with Crippen LogP contribution in [0.4, 0.5) is 11.4 Å². The molecule has 262 valence electrons. The summed E-state index contributed by atoms with van der Waals surface area (Å²) in [5.41, 5.74) is 3.34. The smallest absolute Gasteiger partial charge is 0.264 e. The van der Waals surface area contributed by atoms with Crippen LogP contribution < -0.4 is 25.0 Å². The average Bonchev–Trinajstić information content (AvgIpc) is 3.78. The number of benzene rings is 3. The summed E-state index contributed by atoms with van der Waals surface area (Å²) in [7, 11) is -0.612. The van der Waals surface area contributed by atoms with E-state index in [1.165, 1.54) is 5.19 Å². The van der Waals surface area contributed by atoms with E-state index in [9.17, 15) is 9.90 Å². The second-order valence-corrected chi connectivity index (χ2v) is 18.9. The minimum Gasteiger partial charge on any atom is -0.497 e. The molecule has 0 aliphatic carbocycles. The zero-order chi connectivity index (χ0) is 35.0. The Kier molecular flexibility index (Phi) is 9.37. The van der Waals surface area contributed by atoms with Gasteiger partial charge in [-0.2, -0.15) is 0 Å². The van der Waals surface area contributed by atoms with E-state index in [1.807, 2.05) is 70.4 Å². The van der Waals surface area contributed by atoms with E-state index in [-0.39, 0.29) is 36.0 Å². The molecular weight excluding hydrogens is 649 g/mol. The number of carbonyl (C=O) groups excluding carboxylic acids is 2. The third kappa shape index (κ3) is 5.93. The second-order valence-electron chi connectivity index (χ2n) is 14.2. The summed E-state index contributed by atoms with van der Waals surface area (Å²) in [6, 6.07) is 24.4. The maximum absolute atomic E-state index is 15.0. The number of aliphatic hydroxyl groups is 1. The number of hydrogen-bond acceptors (Lipinski definition) is 8. The van der Waals surface area contributed by atoms with Gasteiger partial charge in [0.15, 0.2) is 5.60 Å². The van der Waals surface area contributed by atoms with Crippen LogP contribution in [-0.2, 0) is 39.4 Å². The molecule has 4 aromatic rings. The Morgan fingerprint density at radius 3 is 2.54 bits per heavy atom. The van der Waals surface area contributed by atoms with E-state index in [4.69, 9.17) is 9.47 Å². The number of nitrogens with zero attached hydrogens (tertiary/aromatic N) is 5. The number of aromatic nitrogens is 3. The fraction of sp³-hybridized carbons (Fsp3) is 0.421. The number of rotatable bonds is 11. The van der Waals surface area contributed by atoms with Crippen molar-refractivity contribution in [2.24, 2.45) is 5.92 Å². The molecule has 3 aliphatic rings. The number of carbonyl (C=O) groups is 2. The number of amides is 2. The zero-order valence-corrected chi connectivity index (χ0v) is 30.2. The van der Waals surface area contributed by atoms with Crippen molar-refractivity contribution >= 4 is 36.4 Å². The van der Waals surface area contributed by atoms with Crippen molar-refractivity contribution in [2.45, 2.75) is 63.2 Å². The lowest BCUT2D eigenvalue weighted by Gasteiger charge is -2.37. The summed E-state index contributed by atoms with van der Waals surface area (Å²) in [5, 5.41) is 22.3. The summed E-state index contributed by atoms with van der Waals surface area (Å²) in [5.74, 6) is 0.721. The van der Waals surface area contributed by atoms with E-state index in [2.05, 4.69) is 53.8 Å². The van der Waals surface area contributed by atoms with Gasteiger partial charge in [-0.15, -0.1) is 5.10 Å². The van der Waals surface area contributed by atoms with Crippen LogP contribution in [-0.4, -0.2) is 79.4 Å². The zero-order valence-electron chi connectivity index (χ0n) is 29.2. The highest BCUT2D eigenvalue weighted by Crippen LogP contribution is 2.60.